The number of carbonyl (C=O) groups excluding carboxylic acids is 2. The second kappa shape index (κ2) is 12.9. The fourth-order valence-corrected chi connectivity index (χ4v) is 5.99. The first-order valence-corrected chi connectivity index (χ1v) is 15.0. The number of carboxylic acid groups (broad SMARTS) is 1. The lowest BCUT2D eigenvalue weighted by Gasteiger charge is -2.30. The number of rotatable bonds is 8. The van der Waals surface area contributed by atoms with Crippen LogP contribution in [0.2, 0.25) is 15.1 Å². The molecule has 2 atom stereocenters. The fourth-order valence-electron chi connectivity index (χ4n) is 4.59. The number of amides is 2. The highest BCUT2D eigenvalue weighted by Gasteiger charge is 2.29. The van der Waals surface area contributed by atoms with E-state index in [4.69, 9.17) is 34.8 Å². The van der Waals surface area contributed by atoms with Crippen molar-refractivity contribution in [3.05, 3.63) is 103 Å². The highest BCUT2D eigenvalue weighted by molar-refractivity contribution is 14.1. The van der Waals surface area contributed by atoms with Gasteiger partial charge in [-0.25, -0.2) is 4.79 Å². The zero-order valence-electron chi connectivity index (χ0n) is 21.0. The molecule has 0 radical (unpaired) electrons. The van der Waals surface area contributed by atoms with Crippen LogP contribution >= 0.6 is 57.4 Å². The average Bonchev–Trinajstić information content (AvgIpc) is 2.92. The maximum atomic E-state index is 13.3. The Kier molecular flexibility index (Phi) is 9.80. The van der Waals surface area contributed by atoms with Gasteiger partial charge in [0.05, 0.1) is 15.6 Å². The lowest BCUT2D eigenvalue weighted by Crippen LogP contribution is -2.42. The van der Waals surface area contributed by atoms with Crippen LogP contribution in [0.25, 0.3) is 0 Å². The van der Waals surface area contributed by atoms with Crippen molar-refractivity contribution in [3.63, 3.8) is 0 Å². The second-order valence-corrected chi connectivity index (χ2v) is 11.6. The third-order valence-electron chi connectivity index (χ3n) is 6.80. The van der Waals surface area contributed by atoms with Gasteiger partial charge >= 0.3 is 5.97 Å². The van der Waals surface area contributed by atoms with E-state index in [1.165, 1.54) is 0 Å². The molecule has 1 unspecified atom stereocenters. The van der Waals surface area contributed by atoms with Gasteiger partial charge in [0.25, 0.3) is 11.8 Å². The number of carboxylic acids is 1. The smallest absolute Gasteiger partial charge is 0.326 e. The van der Waals surface area contributed by atoms with Crippen molar-refractivity contribution < 1.29 is 19.5 Å². The van der Waals surface area contributed by atoms with Crippen molar-refractivity contribution in [3.8, 4) is 0 Å². The molecular weight excluding hydrogens is 674 g/mol. The minimum absolute atomic E-state index is 0.0353. The number of alkyl halides is 1. The highest BCUT2D eigenvalue weighted by atomic mass is 127. The molecule has 3 aromatic carbocycles. The molecule has 1 heterocycles. The summed E-state index contributed by atoms with van der Waals surface area (Å²) < 4.78 is 0.933. The molecule has 10 heteroatoms. The number of halogens is 4. The van der Waals surface area contributed by atoms with E-state index < -0.39 is 17.9 Å². The number of fused-ring (bicyclic) bond motifs is 1. The van der Waals surface area contributed by atoms with Crippen LogP contribution in [-0.4, -0.2) is 44.8 Å². The van der Waals surface area contributed by atoms with E-state index >= 15 is 0 Å². The predicted octanol–water partition coefficient (Wildman–Crippen LogP) is 6.81. The van der Waals surface area contributed by atoms with Crippen LogP contribution in [0.4, 0.5) is 0 Å². The summed E-state index contributed by atoms with van der Waals surface area (Å²) >= 11 is 21.4. The van der Waals surface area contributed by atoms with Gasteiger partial charge in [0.2, 0.25) is 0 Å². The Bertz CT molecular complexity index is 1410. The molecule has 3 aromatic rings. The first-order valence-electron chi connectivity index (χ1n) is 12.3. The quantitative estimate of drug-likeness (QED) is 0.200. The molecule has 39 heavy (non-hydrogen) atoms. The van der Waals surface area contributed by atoms with Crippen LogP contribution in [0.3, 0.4) is 0 Å². The van der Waals surface area contributed by atoms with Crippen molar-refractivity contribution in [2.45, 2.75) is 38.3 Å². The van der Waals surface area contributed by atoms with Gasteiger partial charge in [0, 0.05) is 34.5 Å². The zero-order chi connectivity index (χ0) is 28.3. The Balaban J connectivity index is 1.52. The van der Waals surface area contributed by atoms with E-state index in [2.05, 4.69) is 34.8 Å². The van der Waals surface area contributed by atoms with Crippen LogP contribution in [0.15, 0.2) is 54.6 Å². The molecule has 4 rings (SSSR count). The third kappa shape index (κ3) is 6.88. The summed E-state index contributed by atoms with van der Waals surface area (Å²) in [5, 5.41) is 13.3. The number of hydrogen-bond donors (Lipinski definition) is 2. The topological polar surface area (TPSA) is 86.7 Å². The summed E-state index contributed by atoms with van der Waals surface area (Å²) in [6.07, 6.45) is 0.542. The van der Waals surface area contributed by atoms with E-state index in [-0.39, 0.29) is 34.5 Å². The van der Waals surface area contributed by atoms with Crippen molar-refractivity contribution in [1.29, 1.82) is 0 Å². The normalized spacial score (nSPS) is 14.3. The van der Waals surface area contributed by atoms with Crippen LogP contribution in [0, 0.1) is 0 Å². The van der Waals surface area contributed by atoms with Gasteiger partial charge in [-0.05, 0) is 64.9 Å². The zero-order valence-corrected chi connectivity index (χ0v) is 25.4. The number of aliphatic carboxylic acids is 1. The molecule has 1 aliphatic rings. The largest absolute Gasteiger partial charge is 0.480 e. The third-order valence-corrected chi connectivity index (χ3v) is 9.09. The van der Waals surface area contributed by atoms with E-state index in [9.17, 15) is 19.5 Å². The van der Waals surface area contributed by atoms with E-state index in [0.29, 0.717) is 29.5 Å². The van der Waals surface area contributed by atoms with Gasteiger partial charge in [-0.2, -0.15) is 0 Å². The SMILES string of the molecule is CC(CI)c1cccc(C[C@H](NC(=O)c2c(Cl)cc3c(c2Cl)CCN(C(=O)c2ccc(Cl)cc2)C3)C(=O)O)c1. The van der Waals surface area contributed by atoms with Gasteiger partial charge < -0.3 is 15.3 Å². The minimum Gasteiger partial charge on any atom is -0.480 e. The number of benzene rings is 3. The molecule has 0 bridgehead atoms. The van der Waals surface area contributed by atoms with Crippen LogP contribution < -0.4 is 5.32 Å². The van der Waals surface area contributed by atoms with Gasteiger partial charge in [-0.15, -0.1) is 0 Å². The molecule has 1 aliphatic heterocycles. The minimum atomic E-state index is -1.17. The molecule has 2 amide bonds. The number of nitrogens with zero attached hydrogens (tertiary/aromatic N) is 1. The molecular formula is C29H26Cl3IN2O4. The van der Waals surface area contributed by atoms with E-state index in [0.717, 1.165) is 26.7 Å². The van der Waals surface area contributed by atoms with Gasteiger partial charge in [-0.3, -0.25) is 9.59 Å². The predicted molar refractivity (Wildman–Crippen MR) is 163 cm³/mol. The summed E-state index contributed by atoms with van der Waals surface area (Å²) in [6.45, 7) is 2.79. The highest BCUT2D eigenvalue weighted by Crippen LogP contribution is 2.35. The first kappa shape index (κ1) is 29.6. The maximum absolute atomic E-state index is 13.3. The molecule has 204 valence electrons. The Morgan fingerprint density at radius 3 is 2.46 bits per heavy atom. The van der Waals surface area contributed by atoms with Crippen LogP contribution in [0.5, 0.6) is 0 Å². The second-order valence-electron chi connectivity index (χ2n) is 9.54. The van der Waals surface area contributed by atoms with Crippen molar-refractivity contribution in [1.82, 2.24) is 10.2 Å². The molecule has 0 spiro atoms. The molecule has 2 N–H and O–H groups in total. The summed E-state index contributed by atoms with van der Waals surface area (Å²) in [5.41, 5.74) is 3.94. The van der Waals surface area contributed by atoms with Crippen LogP contribution in [-0.2, 0) is 24.2 Å². The maximum Gasteiger partial charge on any atom is 0.326 e. The summed E-state index contributed by atoms with van der Waals surface area (Å²) in [7, 11) is 0. The standard InChI is InChI=1S/C29H26Cl3IN2O4/c1-16(14-33)19-4-2-3-17(11-19)12-24(29(38)39)34-27(36)25-23(31)13-20-15-35(10-9-22(20)26(25)32)28(37)18-5-7-21(30)8-6-18/h2-8,11,13,16,24H,9-10,12,14-15H2,1H3,(H,34,36)(H,38,39)/t16?,24-/m0/s1. The fraction of sp³-hybridized carbons (Fsp3) is 0.276. The molecule has 6 nitrogen and oxygen atoms in total. The summed E-state index contributed by atoms with van der Waals surface area (Å²) in [6, 6.07) is 14.9. The Morgan fingerprint density at radius 2 is 1.79 bits per heavy atom. The number of carbonyl (C=O) groups is 3. The Morgan fingerprint density at radius 1 is 1.08 bits per heavy atom. The van der Waals surface area contributed by atoms with Gasteiger partial charge in [0.15, 0.2) is 0 Å². The number of nitrogens with one attached hydrogen (secondary N) is 1. The molecule has 0 aliphatic carbocycles. The average molecular weight is 700 g/mol. The lowest BCUT2D eigenvalue weighted by atomic mass is 9.95. The molecule has 0 saturated heterocycles. The van der Waals surface area contributed by atoms with Gasteiger partial charge in [0.1, 0.15) is 6.04 Å². The van der Waals surface area contributed by atoms with E-state index in [1.54, 1.807) is 35.2 Å². The first-order chi connectivity index (χ1) is 18.6. The number of hydrogen-bond acceptors (Lipinski definition) is 3. The molecule has 0 fully saturated rings. The lowest BCUT2D eigenvalue weighted by molar-refractivity contribution is -0.139. The summed E-state index contributed by atoms with van der Waals surface area (Å²) in [4.78, 5) is 40.0. The van der Waals surface area contributed by atoms with Crippen molar-refractivity contribution in [2.75, 3.05) is 11.0 Å². The molecule has 0 saturated carbocycles. The van der Waals surface area contributed by atoms with Crippen molar-refractivity contribution in [2.24, 2.45) is 0 Å². The van der Waals surface area contributed by atoms with Crippen LogP contribution in [0.1, 0.15) is 55.8 Å². The Labute approximate surface area is 255 Å². The van der Waals surface area contributed by atoms with Crippen molar-refractivity contribution >= 4 is 75.2 Å². The van der Waals surface area contributed by atoms with Gasteiger partial charge in [-0.1, -0.05) is 88.6 Å². The van der Waals surface area contributed by atoms with E-state index in [1.807, 2.05) is 24.3 Å². The summed E-state index contributed by atoms with van der Waals surface area (Å²) in [5.74, 6) is -1.63. The monoisotopic (exact) mass is 698 g/mol. The molecule has 0 aromatic heterocycles. The Hall–Kier alpha value is -2.33.